The summed E-state index contributed by atoms with van der Waals surface area (Å²) >= 11 is 1.62. The van der Waals surface area contributed by atoms with Gasteiger partial charge in [-0.2, -0.15) is 0 Å². The Labute approximate surface area is 47.9 Å². The van der Waals surface area contributed by atoms with E-state index in [-0.39, 0.29) is 0 Å². The highest BCUT2D eigenvalue weighted by atomic mass is 32.2. The molecule has 0 saturated carbocycles. The first kappa shape index (κ1) is 6.85. The fraction of sp³-hybridized carbons (Fsp3) is 0.500. The summed E-state index contributed by atoms with van der Waals surface area (Å²) in [4.78, 5) is 0. The molecule has 0 aromatic rings. The van der Waals surface area contributed by atoms with Crippen molar-refractivity contribution in [3.63, 3.8) is 0 Å². The van der Waals surface area contributed by atoms with Crippen molar-refractivity contribution >= 4 is 11.8 Å². The Morgan fingerprint density at radius 3 is 2.71 bits per heavy atom. The summed E-state index contributed by atoms with van der Waals surface area (Å²) in [6.07, 6.45) is 1.51. The molecular formula is C4H10N2S. The zero-order valence-electron chi connectivity index (χ0n) is 4.13. The van der Waals surface area contributed by atoms with E-state index in [1.807, 2.05) is 5.41 Å². The van der Waals surface area contributed by atoms with Crippen LogP contribution >= 0.6 is 11.8 Å². The summed E-state index contributed by atoms with van der Waals surface area (Å²) < 4.78 is 0. The van der Waals surface area contributed by atoms with Crippen molar-refractivity contribution in [1.29, 1.82) is 0 Å². The molecule has 0 unspecified atom stereocenters. The maximum atomic E-state index is 5.17. The van der Waals surface area contributed by atoms with Gasteiger partial charge < -0.3 is 11.5 Å². The molecule has 4 N–H and O–H groups in total. The summed E-state index contributed by atoms with van der Waals surface area (Å²) in [7, 11) is 0. The van der Waals surface area contributed by atoms with Gasteiger partial charge in [-0.05, 0) is 5.41 Å². The van der Waals surface area contributed by atoms with Crippen molar-refractivity contribution in [2.45, 2.75) is 0 Å². The molecule has 7 heavy (non-hydrogen) atoms. The Morgan fingerprint density at radius 1 is 1.57 bits per heavy atom. The second-order valence-electron chi connectivity index (χ2n) is 0.988. The van der Waals surface area contributed by atoms with E-state index in [0.717, 1.165) is 12.3 Å². The standard InChI is InChI=1S/C4H10N2S/c5-1-3-7-4-2-6/h1,3H,2,4-6H2/b3-1-. The van der Waals surface area contributed by atoms with Crippen LogP contribution in [0, 0.1) is 0 Å². The smallest absolute Gasteiger partial charge is 0.00979 e. The van der Waals surface area contributed by atoms with Crippen LogP contribution in [0.4, 0.5) is 0 Å². The summed E-state index contributed by atoms with van der Waals surface area (Å²) in [6, 6.07) is 0. The summed E-state index contributed by atoms with van der Waals surface area (Å²) in [6.45, 7) is 0.717. The van der Waals surface area contributed by atoms with Crippen LogP contribution in [0.1, 0.15) is 0 Å². The van der Waals surface area contributed by atoms with Gasteiger partial charge in [0.15, 0.2) is 0 Å². The van der Waals surface area contributed by atoms with Crippen LogP contribution in [0.3, 0.4) is 0 Å². The van der Waals surface area contributed by atoms with Gasteiger partial charge in [-0.3, -0.25) is 0 Å². The average molecular weight is 118 g/mol. The van der Waals surface area contributed by atoms with Crippen LogP contribution < -0.4 is 11.5 Å². The first-order valence-corrected chi connectivity index (χ1v) is 3.15. The van der Waals surface area contributed by atoms with Gasteiger partial charge in [0.1, 0.15) is 0 Å². The minimum absolute atomic E-state index is 0.717. The van der Waals surface area contributed by atoms with Gasteiger partial charge in [-0.15, -0.1) is 11.8 Å². The van der Waals surface area contributed by atoms with E-state index in [0.29, 0.717) is 0 Å². The lowest BCUT2D eigenvalue weighted by atomic mass is 10.8. The van der Waals surface area contributed by atoms with Crippen molar-refractivity contribution in [3.8, 4) is 0 Å². The summed E-state index contributed by atoms with van der Waals surface area (Å²) in [5, 5.41) is 1.83. The molecule has 0 aliphatic heterocycles. The summed E-state index contributed by atoms with van der Waals surface area (Å²) in [5.74, 6) is 0.952. The van der Waals surface area contributed by atoms with E-state index in [1.165, 1.54) is 6.20 Å². The van der Waals surface area contributed by atoms with Crippen molar-refractivity contribution in [2.75, 3.05) is 12.3 Å². The normalized spacial score (nSPS) is 10.4. The van der Waals surface area contributed by atoms with Crippen LogP contribution in [-0.2, 0) is 0 Å². The minimum atomic E-state index is 0.717. The van der Waals surface area contributed by atoms with E-state index in [2.05, 4.69) is 0 Å². The van der Waals surface area contributed by atoms with Gasteiger partial charge in [0.2, 0.25) is 0 Å². The van der Waals surface area contributed by atoms with Crippen LogP contribution in [0.15, 0.2) is 11.6 Å². The zero-order chi connectivity index (χ0) is 5.54. The van der Waals surface area contributed by atoms with Gasteiger partial charge in [-0.25, -0.2) is 0 Å². The monoisotopic (exact) mass is 118 g/mol. The Hall–Kier alpha value is -0.150. The molecule has 0 aromatic carbocycles. The molecule has 3 heteroatoms. The SMILES string of the molecule is N/C=C\SCCN. The number of thioether (sulfide) groups is 1. The molecule has 0 fully saturated rings. The quantitative estimate of drug-likeness (QED) is 0.517. The highest BCUT2D eigenvalue weighted by molar-refractivity contribution is 8.02. The number of hydrogen-bond donors (Lipinski definition) is 2. The molecule has 2 nitrogen and oxygen atoms in total. The molecule has 0 rings (SSSR count). The lowest BCUT2D eigenvalue weighted by Crippen LogP contribution is -1.99. The molecule has 0 spiro atoms. The van der Waals surface area contributed by atoms with Crippen LogP contribution in [0.2, 0.25) is 0 Å². The maximum Gasteiger partial charge on any atom is 0.00979 e. The molecule has 0 atom stereocenters. The van der Waals surface area contributed by atoms with Gasteiger partial charge in [0.05, 0.1) is 0 Å². The predicted molar refractivity (Wildman–Crippen MR) is 34.8 cm³/mol. The van der Waals surface area contributed by atoms with E-state index in [4.69, 9.17) is 11.5 Å². The third kappa shape index (κ3) is 5.85. The third-order valence-electron chi connectivity index (χ3n) is 0.410. The Morgan fingerprint density at radius 2 is 2.29 bits per heavy atom. The van der Waals surface area contributed by atoms with Crippen molar-refractivity contribution in [3.05, 3.63) is 11.6 Å². The van der Waals surface area contributed by atoms with Gasteiger partial charge >= 0.3 is 0 Å². The lowest BCUT2D eigenvalue weighted by molar-refractivity contribution is 1.15. The molecule has 0 heterocycles. The lowest BCUT2D eigenvalue weighted by Gasteiger charge is -1.84. The third-order valence-corrected chi connectivity index (χ3v) is 1.23. The van der Waals surface area contributed by atoms with Gasteiger partial charge in [0, 0.05) is 18.5 Å². The molecule has 0 bridgehead atoms. The molecule has 0 radical (unpaired) electrons. The van der Waals surface area contributed by atoms with E-state index < -0.39 is 0 Å². The number of hydrogen-bond acceptors (Lipinski definition) is 3. The van der Waals surface area contributed by atoms with Gasteiger partial charge in [0.25, 0.3) is 0 Å². The number of rotatable bonds is 3. The fourth-order valence-corrected chi connectivity index (χ4v) is 0.575. The molecular weight excluding hydrogens is 108 g/mol. The van der Waals surface area contributed by atoms with Crippen LogP contribution in [-0.4, -0.2) is 12.3 Å². The van der Waals surface area contributed by atoms with Crippen LogP contribution in [0.25, 0.3) is 0 Å². The molecule has 0 aromatic heterocycles. The van der Waals surface area contributed by atoms with E-state index in [9.17, 15) is 0 Å². The van der Waals surface area contributed by atoms with Crippen molar-refractivity contribution in [2.24, 2.45) is 11.5 Å². The molecule has 0 saturated heterocycles. The second kappa shape index (κ2) is 5.85. The summed E-state index contributed by atoms with van der Waals surface area (Å²) in [5.41, 5.74) is 10.2. The topological polar surface area (TPSA) is 52.0 Å². The first-order chi connectivity index (χ1) is 3.41. The minimum Gasteiger partial charge on any atom is -0.404 e. The van der Waals surface area contributed by atoms with E-state index >= 15 is 0 Å². The first-order valence-electron chi connectivity index (χ1n) is 2.10. The van der Waals surface area contributed by atoms with Crippen LogP contribution in [0.5, 0.6) is 0 Å². The Balaban J connectivity index is 2.69. The fourth-order valence-electron chi connectivity index (χ4n) is 0.192. The zero-order valence-corrected chi connectivity index (χ0v) is 4.95. The molecule has 0 aliphatic rings. The van der Waals surface area contributed by atoms with E-state index in [1.54, 1.807) is 11.8 Å². The van der Waals surface area contributed by atoms with Crippen molar-refractivity contribution in [1.82, 2.24) is 0 Å². The van der Waals surface area contributed by atoms with Gasteiger partial charge in [-0.1, -0.05) is 0 Å². The predicted octanol–water partition coefficient (Wildman–Crippen LogP) is 0.108. The second-order valence-corrected chi connectivity index (χ2v) is 2.00. The maximum absolute atomic E-state index is 5.17. The highest BCUT2D eigenvalue weighted by Crippen LogP contribution is 1.96. The average Bonchev–Trinajstić information content (AvgIpc) is 1.69. The van der Waals surface area contributed by atoms with Crippen molar-refractivity contribution < 1.29 is 0 Å². The molecule has 0 amide bonds. The Bertz CT molecular complexity index is 53.7. The largest absolute Gasteiger partial charge is 0.404 e. The molecule has 42 valence electrons. The molecule has 0 aliphatic carbocycles. The Kier molecular flexibility index (Phi) is 5.72. The number of nitrogens with two attached hydrogens (primary N) is 2. The highest BCUT2D eigenvalue weighted by Gasteiger charge is 1.73.